The second-order valence-electron chi connectivity index (χ2n) is 4.63. The molecule has 1 aromatic carbocycles. The third kappa shape index (κ3) is 1.68. The van der Waals surface area contributed by atoms with Gasteiger partial charge in [0.1, 0.15) is 0 Å². The zero-order valence-corrected chi connectivity index (χ0v) is 10.4. The highest BCUT2D eigenvalue weighted by molar-refractivity contribution is 6.07. The normalized spacial score (nSPS) is 11.4. The number of aryl methyl sites for hydroxylation is 2. The molecule has 0 bridgehead atoms. The summed E-state index contributed by atoms with van der Waals surface area (Å²) in [5.74, 6) is 0. The van der Waals surface area contributed by atoms with E-state index in [1.54, 1.807) is 0 Å². The van der Waals surface area contributed by atoms with Crippen LogP contribution in [0.15, 0.2) is 36.7 Å². The first kappa shape index (κ1) is 11.2. The number of nitrogens with zero attached hydrogens (tertiary/aromatic N) is 2. The number of fused-ring (bicyclic) bond motifs is 3. The van der Waals surface area contributed by atoms with E-state index in [0.717, 1.165) is 12.8 Å². The molecular formula is C15H16N2O. The smallest absolute Gasteiger partial charge is 0.0519 e. The van der Waals surface area contributed by atoms with Crippen LogP contribution >= 0.6 is 0 Å². The van der Waals surface area contributed by atoms with Crippen LogP contribution in [0.3, 0.4) is 0 Å². The molecule has 0 saturated carbocycles. The van der Waals surface area contributed by atoms with Crippen LogP contribution < -0.4 is 0 Å². The minimum Gasteiger partial charge on any atom is -0.396 e. The predicted octanol–water partition coefficient (Wildman–Crippen LogP) is 2.65. The molecule has 0 spiro atoms. The summed E-state index contributed by atoms with van der Waals surface area (Å²) in [6.07, 6.45) is 5.49. The summed E-state index contributed by atoms with van der Waals surface area (Å²) in [7, 11) is 2.08. The zero-order chi connectivity index (χ0) is 12.5. The Hall–Kier alpha value is -1.87. The van der Waals surface area contributed by atoms with Gasteiger partial charge in [0.15, 0.2) is 0 Å². The van der Waals surface area contributed by atoms with Crippen molar-refractivity contribution in [2.75, 3.05) is 6.61 Å². The average Bonchev–Trinajstić information content (AvgIpc) is 2.71. The second-order valence-corrected chi connectivity index (χ2v) is 4.63. The van der Waals surface area contributed by atoms with Crippen molar-refractivity contribution in [1.82, 2.24) is 9.55 Å². The molecule has 3 nitrogen and oxygen atoms in total. The van der Waals surface area contributed by atoms with E-state index >= 15 is 0 Å². The number of pyridine rings is 1. The van der Waals surface area contributed by atoms with Crippen molar-refractivity contribution in [3.63, 3.8) is 0 Å². The molecule has 2 aromatic heterocycles. The van der Waals surface area contributed by atoms with Crippen molar-refractivity contribution < 1.29 is 5.11 Å². The summed E-state index contributed by atoms with van der Waals surface area (Å²) in [6.45, 7) is 0.247. The van der Waals surface area contributed by atoms with Gasteiger partial charge in [-0.2, -0.15) is 0 Å². The Morgan fingerprint density at radius 2 is 2.06 bits per heavy atom. The van der Waals surface area contributed by atoms with Gasteiger partial charge in [0.2, 0.25) is 0 Å². The van der Waals surface area contributed by atoms with Crippen LogP contribution in [0, 0.1) is 0 Å². The highest BCUT2D eigenvalue weighted by Gasteiger charge is 2.08. The van der Waals surface area contributed by atoms with Gasteiger partial charge in [-0.3, -0.25) is 4.98 Å². The van der Waals surface area contributed by atoms with E-state index in [0.29, 0.717) is 0 Å². The molecule has 0 aliphatic heterocycles. The average molecular weight is 240 g/mol. The molecular weight excluding hydrogens is 224 g/mol. The van der Waals surface area contributed by atoms with Crippen LogP contribution in [0.4, 0.5) is 0 Å². The van der Waals surface area contributed by atoms with Gasteiger partial charge in [0, 0.05) is 42.3 Å². The molecule has 3 rings (SSSR count). The predicted molar refractivity (Wildman–Crippen MR) is 73.6 cm³/mol. The fraction of sp³-hybridized carbons (Fsp3) is 0.267. The van der Waals surface area contributed by atoms with E-state index in [1.165, 1.54) is 27.4 Å². The Balaban J connectivity index is 2.22. The van der Waals surface area contributed by atoms with Crippen molar-refractivity contribution in [2.24, 2.45) is 7.05 Å². The molecule has 2 heterocycles. The van der Waals surface area contributed by atoms with Crippen molar-refractivity contribution in [3.8, 4) is 0 Å². The quantitative estimate of drug-likeness (QED) is 0.764. The Morgan fingerprint density at radius 1 is 1.17 bits per heavy atom. The maximum absolute atomic E-state index is 8.90. The number of aliphatic hydroxyl groups is 1. The van der Waals surface area contributed by atoms with E-state index in [4.69, 9.17) is 5.11 Å². The fourth-order valence-corrected chi connectivity index (χ4v) is 2.54. The molecule has 1 N–H and O–H groups in total. The first-order chi connectivity index (χ1) is 8.81. The standard InChI is InChI=1S/C15H16N2O/c1-17-14-6-7-16-10-13(14)12-5-4-11(3-2-8-18)9-15(12)17/h4-7,9-10,18H,2-3,8H2,1H3. The molecule has 0 radical (unpaired) electrons. The van der Waals surface area contributed by atoms with E-state index < -0.39 is 0 Å². The minimum atomic E-state index is 0.247. The van der Waals surface area contributed by atoms with Crippen LogP contribution in [0.1, 0.15) is 12.0 Å². The van der Waals surface area contributed by atoms with Crippen LogP contribution in [-0.4, -0.2) is 21.3 Å². The van der Waals surface area contributed by atoms with Gasteiger partial charge >= 0.3 is 0 Å². The summed E-state index contributed by atoms with van der Waals surface area (Å²) in [6, 6.07) is 8.56. The number of aliphatic hydroxyl groups excluding tert-OH is 1. The van der Waals surface area contributed by atoms with E-state index in [9.17, 15) is 0 Å². The Morgan fingerprint density at radius 3 is 2.89 bits per heavy atom. The lowest BCUT2D eigenvalue weighted by molar-refractivity contribution is 0.288. The van der Waals surface area contributed by atoms with Crippen LogP contribution in [0.5, 0.6) is 0 Å². The van der Waals surface area contributed by atoms with Crippen LogP contribution in [0.2, 0.25) is 0 Å². The lowest BCUT2D eigenvalue weighted by Gasteiger charge is -2.02. The van der Waals surface area contributed by atoms with Crippen molar-refractivity contribution >= 4 is 21.8 Å². The molecule has 92 valence electrons. The molecule has 0 fully saturated rings. The monoisotopic (exact) mass is 240 g/mol. The van der Waals surface area contributed by atoms with Gasteiger partial charge in [0.25, 0.3) is 0 Å². The molecule has 3 heteroatoms. The minimum absolute atomic E-state index is 0.247. The van der Waals surface area contributed by atoms with Crippen LogP contribution in [0.25, 0.3) is 21.8 Å². The van der Waals surface area contributed by atoms with E-state index in [-0.39, 0.29) is 6.61 Å². The zero-order valence-electron chi connectivity index (χ0n) is 10.4. The van der Waals surface area contributed by atoms with Gasteiger partial charge in [0.05, 0.1) is 5.52 Å². The van der Waals surface area contributed by atoms with Crippen molar-refractivity contribution in [1.29, 1.82) is 0 Å². The molecule has 0 atom stereocenters. The molecule has 0 aliphatic rings. The van der Waals surface area contributed by atoms with Crippen molar-refractivity contribution in [3.05, 3.63) is 42.2 Å². The highest BCUT2D eigenvalue weighted by atomic mass is 16.2. The number of rotatable bonds is 3. The highest BCUT2D eigenvalue weighted by Crippen LogP contribution is 2.28. The molecule has 0 unspecified atom stereocenters. The molecule has 3 aromatic rings. The number of benzene rings is 1. The SMILES string of the molecule is Cn1c2ccncc2c2ccc(CCCO)cc21. The summed E-state index contributed by atoms with van der Waals surface area (Å²) < 4.78 is 2.20. The lowest BCUT2D eigenvalue weighted by atomic mass is 10.1. The maximum Gasteiger partial charge on any atom is 0.0519 e. The number of hydrogen-bond donors (Lipinski definition) is 1. The summed E-state index contributed by atoms with van der Waals surface area (Å²) in [5, 5.41) is 11.3. The topological polar surface area (TPSA) is 38.0 Å². The Bertz CT molecular complexity index is 700. The number of hydrogen-bond acceptors (Lipinski definition) is 2. The lowest BCUT2D eigenvalue weighted by Crippen LogP contribution is -1.91. The van der Waals surface area contributed by atoms with Gasteiger partial charge < -0.3 is 9.67 Å². The van der Waals surface area contributed by atoms with Gasteiger partial charge in [-0.1, -0.05) is 12.1 Å². The Kier molecular flexibility index (Phi) is 2.76. The van der Waals surface area contributed by atoms with Gasteiger partial charge in [-0.15, -0.1) is 0 Å². The molecule has 18 heavy (non-hydrogen) atoms. The molecule has 0 saturated heterocycles. The molecule has 0 amide bonds. The fourth-order valence-electron chi connectivity index (χ4n) is 2.54. The third-order valence-electron chi connectivity index (χ3n) is 3.50. The maximum atomic E-state index is 8.90. The summed E-state index contributed by atoms with van der Waals surface area (Å²) in [5.41, 5.74) is 3.71. The Labute approximate surface area is 106 Å². The number of aromatic nitrogens is 2. The van der Waals surface area contributed by atoms with E-state index in [1.807, 2.05) is 18.5 Å². The van der Waals surface area contributed by atoms with Gasteiger partial charge in [-0.05, 0) is 30.5 Å². The first-order valence-corrected chi connectivity index (χ1v) is 6.23. The first-order valence-electron chi connectivity index (χ1n) is 6.23. The second kappa shape index (κ2) is 4.42. The summed E-state index contributed by atoms with van der Waals surface area (Å²) in [4.78, 5) is 4.20. The van der Waals surface area contributed by atoms with Crippen LogP contribution in [-0.2, 0) is 13.5 Å². The van der Waals surface area contributed by atoms with E-state index in [2.05, 4.69) is 34.8 Å². The summed E-state index contributed by atoms with van der Waals surface area (Å²) >= 11 is 0. The molecule has 0 aliphatic carbocycles. The largest absolute Gasteiger partial charge is 0.396 e. The van der Waals surface area contributed by atoms with Gasteiger partial charge in [-0.25, -0.2) is 0 Å². The third-order valence-corrected chi connectivity index (χ3v) is 3.50. The van der Waals surface area contributed by atoms with Crippen molar-refractivity contribution in [2.45, 2.75) is 12.8 Å².